The van der Waals surface area contributed by atoms with Crippen molar-refractivity contribution >= 4 is 0 Å². The molecule has 0 radical (unpaired) electrons. The summed E-state index contributed by atoms with van der Waals surface area (Å²) in [5.41, 5.74) is -0.475. The molecule has 3 aromatic carbocycles. The van der Waals surface area contributed by atoms with E-state index in [4.69, 9.17) is 4.74 Å². The highest BCUT2D eigenvalue weighted by atomic mass is 19.3. The summed E-state index contributed by atoms with van der Waals surface area (Å²) in [6.07, 6.45) is -2.87. The summed E-state index contributed by atoms with van der Waals surface area (Å²) >= 11 is 0. The lowest BCUT2D eigenvalue weighted by Gasteiger charge is -2.27. The van der Waals surface area contributed by atoms with E-state index in [2.05, 4.69) is 11.7 Å². The topological polar surface area (TPSA) is 18.5 Å². The smallest absolute Gasteiger partial charge is 0.429 e. The second-order valence-corrected chi connectivity index (χ2v) is 8.26. The van der Waals surface area contributed by atoms with Crippen LogP contribution in [0.15, 0.2) is 48.5 Å². The second kappa shape index (κ2) is 9.29. The van der Waals surface area contributed by atoms with Crippen LogP contribution in [0, 0.1) is 35.0 Å². The fourth-order valence-electron chi connectivity index (χ4n) is 3.84. The Morgan fingerprint density at radius 2 is 1.38 bits per heavy atom. The van der Waals surface area contributed by atoms with Gasteiger partial charge in [0.15, 0.2) is 17.5 Å². The van der Waals surface area contributed by atoms with Gasteiger partial charge in [-0.25, -0.2) is 22.0 Å². The Morgan fingerprint density at radius 1 is 0.794 bits per heavy atom. The zero-order valence-corrected chi connectivity index (χ0v) is 17.9. The number of hydrogen-bond donors (Lipinski definition) is 0. The number of rotatable bonds is 5. The number of ether oxygens (including phenoxy) is 2. The van der Waals surface area contributed by atoms with Gasteiger partial charge in [0.1, 0.15) is 22.9 Å². The van der Waals surface area contributed by atoms with Gasteiger partial charge in [-0.15, -0.1) is 0 Å². The van der Waals surface area contributed by atoms with E-state index in [0.29, 0.717) is 30.2 Å². The number of benzene rings is 3. The van der Waals surface area contributed by atoms with Gasteiger partial charge in [0.05, 0.1) is 6.10 Å². The van der Waals surface area contributed by atoms with E-state index in [1.54, 1.807) is 24.3 Å². The van der Waals surface area contributed by atoms with Crippen molar-refractivity contribution in [3.63, 3.8) is 0 Å². The van der Waals surface area contributed by atoms with E-state index in [9.17, 15) is 30.7 Å². The van der Waals surface area contributed by atoms with Crippen molar-refractivity contribution in [2.75, 3.05) is 6.61 Å². The van der Waals surface area contributed by atoms with Crippen LogP contribution in [-0.4, -0.2) is 6.61 Å². The highest BCUT2D eigenvalue weighted by molar-refractivity contribution is 5.64. The molecule has 1 aliphatic rings. The first-order chi connectivity index (χ1) is 16.0. The first-order valence-corrected chi connectivity index (χ1v) is 10.5. The average molecular weight is 484 g/mol. The maximum Gasteiger partial charge on any atom is 0.432 e. The van der Waals surface area contributed by atoms with Crippen molar-refractivity contribution < 1.29 is 40.2 Å². The number of alkyl halides is 2. The first-order valence-electron chi connectivity index (χ1n) is 10.5. The molecule has 0 saturated carbocycles. The van der Waals surface area contributed by atoms with Crippen LogP contribution in [0.1, 0.15) is 37.0 Å². The fraction of sp³-hybridized carbons (Fsp3) is 0.280. The SMILES string of the molecule is CC1CCC(c2ccc(-c3cc(F)c(C(F)(F)Oc4cc(F)c(F)c(F)c4)c(F)c3)cc2)OC1. The Bertz CT molecular complexity index is 1140. The maximum absolute atomic E-state index is 14.6. The van der Waals surface area contributed by atoms with E-state index in [0.717, 1.165) is 18.4 Å². The van der Waals surface area contributed by atoms with Gasteiger partial charge in [-0.1, -0.05) is 31.2 Å². The van der Waals surface area contributed by atoms with Gasteiger partial charge < -0.3 is 9.47 Å². The van der Waals surface area contributed by atoms with Gasteiger partial charge >= 0.3 is 6.11 Å². The number of hydrogen-bond acceptors (Lipinski definition) is 2. The van der Waals surface area contributed by atoms with Gasteiger partial charge in [-0.2, -0.15) is 8.78 Å². The molecule has 180 valence electrons. The number of halogens is 7. The lowest BCUT2D eigenvalue weighted by molar-refractivity contribution is -0.189. The highest BCUT2D eigenvalue weighted by Gasteiger charge is 2.41. The van der Waals surface area contributed by atoms with Crippen molar-refractivity contribution in [1.29, 1.82) is 0 Å². The molecular weight excluding hydrogens is 465 g/mol. The molecule has 1 saturated heterocycles. The molecule has 0 amide bonds. The molecule has 9 heteroatoms. The highest BCUT2D eigenvalue weighted by Crippen LogP contribution is 2.38. The minimum absolute atomic E-state index is 0.00171. The third-order valence-corrected chi connectivity index (χ3v) is 5.66. The molecule has 1 fully saturated rings. The predicted molar refractivity (Wildman–Crippen MR) is 110 cm³/mol. The van der Waals surface area contributed by atoms with Crippen molar-refractivity contribution in [2.24, 2.45) is 5.92 Å². The molecule has 4 rings (SSSR count). The molecule has 0 N–H and O–H groups in total. The van der Waals surface area contributed by atoms with Gasteiger partial charge in [0.25, 0.3) is 0 Å². The van der Waals surface area contributed by atoms with Crippen LogP contribution in [-0.2, 0) is 10.8 Å². The van der Waals surface area contributed by atoms with Crippen molar-refractivity contribution in [3.05, 3.63) is 88.7 Å². The molecule has 0 aromatic heterocycles. The van der Waals surface area contributed by atoms with Crippen molar-refractivity contribution in [2.45, 2.75) is 32.0 Å². The molecule has 0 bridgehead atoms. The molecule has 1 aliphatic heterocycles. The van der Waals surface area contributed by atoms with Gasteiger partial charge in [0, 0.05) is 18.7 Å². The minimum Gasteiger partial charge on any atom is -0.429 e. The Morgan fingerprint density at radius 3 is 1.91 bits per heavy atom. The third kappa shape index (κ3) is 4.89. The quantitative estimate of drug-likeness (QED) is 0.273. The lowest BCUT2D eigenvalue weighted by Crippen LogP contribution is -2.25. The van der Waals surface area contributed by atoms with Crippen molar-refractivity contribution in [1.82, 2.24) is 0 Å². The van der Waals surface area contributed by atoms with Crippen LogP contribution in [0.3, 0.4) is 0 Å². The van der Waals surface area contributed by atoms with Crippen LogP contribution in [0.2, 0.25) is 0 Å². The molecule has 2 unspecified atom stereocenters. The van der Waals surface area contributed by atoms with Crippen LogP contribution >= 0.6 is 0 Å². The molecular formula is C25H19F7O2. The second-order valence-electron chi connectivity index (χ2n) is 8.26. The summed E-state index contributed by atoms with van der Waals surface area (Å²) in [4.78, 5) is 0. The Balaban J connectivity index is 1.58. The van der Waals surface area contributed by atoms with E-state index >= 15 is 0 Å². The maximum atomic E-state index is 14.6. The molecule has 3 aromatic rings. The molecule has 1 heterocycles. The van der Waals surface area contributed by atoms with Crippen molar-refractivity contribution in [3.8, 4) is 16.9 Å². The zero-order chi connectivity index (χ0) is 24.6. The largest absolute Gasteiger partial charge is 0.432 e. The standard InChI is InChI=1S/C25H19F7O2/c1-13-2-7-22(33-12-13)15-5-3-14(4-6-15)16-8-18(26)23(19(27)9-16)25(31,32)34-17-10-20(28)24(30)21(29)11-17/h3-6,8-11,13,22H,2,7,12H2,1H3. The third-order valence-electron chi connectivity index (χ3n) is 5.66. The fourth-order valence-corrected chi connectivity index (χ4v) is 3.84. The monoisotopic (exact) mass is 484 g/mol. The summed E-state index contributed by atoms with van der Waals surface area (Å²) in [6, 6.07) is 8.39. The average Bonchev–Trinajstić information content (AvgIpc) is 2.77. The van der Waals surface area contributed by atoms with Crippen LogP contribution in [0.4, 0.5) is 30.7 Å². The van der Waals surface area contributed by atoms with E-state index in [-0.39, 0.29) is 23.8 Å². The Hall–Kier alpha value is -3.07. The van der Waals surface area contributed by atoms with Crippen LogP contribution in [0.5, 0.6) is 5.75 Å². The normalized spacial score (nSPS) is 18.7. The van der Waals surface area contributed by atoms with E-state index in [1.807, 2.05) is 0 Å². The Kier molecular flexibility index (Phi) is 6.58. The Labute approximate surface area is 190 Å². The lowest BCUT2D eigenvalue weighted by atomic mass is 9.94. The zero-order valence-electron chi connectivity index (χ0n) is 17.9. The molecule has 34 heavy (non-hydrogen) atoms. The summed E-state index contributed by atoms with van der Waals surface area (Å²) < 4.78 is 108. The first kappa shape index (κ1) is 24.1. The predicted octanol–water partition coefficient (Wildman–Crippen LogP) is 7.67. The molecule has 0 spiro atoms. The van der Waals surface area contributed by atoms with Gasteiger partial charge in [0.2, 0.25) is 0 Å². The van der Waals surface area contributed by atoms with Crippen LogP contribution in [0.25, 0.3) is 11.1 Å². The van der Waals surface area contributed by atoms with Gasteiger partial charge in [-0.05, 0) is 47.6 Å². The summed E-state index contributed by atoms with van der Waals surface area (Å²) in [5.74, 6) is -9.40. The molecule has 2 atom stereocenters. The van der Waals surface area contributed by atoms with E-state index in [1.165, 1.54) is 0 Å². The summed E-state index contributed by atoms with van der Waals surface area (Å²) in [5, 5.41) is 0. The van der Waals surface area contributed by atoms with Gasteiger partial charge in [-0.3, -0.25) is 0 Å². The van der Waals surface area contributed by atoms with E-state index < -0.39 is 46.5 Å². The van der Waals surface area contributed by atoms with Crippen LogP contribution < -0.4 is 4.74 Å². The molecule has 2 nitrogen and oxygen atoms in total. The minimum atomic E-state index is -4.64. The summed E-state index contributed by atoms with van der Waals surface area (Å²) in [7, 11) is 0. The summed E-state index contributed by atoms with van der Waals surface area (Å²) in [6.45, 7) is 2.73. The molecule has 0 aliphatic carbocycles.